The fourth-order valence-corrected chi connectivity index (χ4v) is 3.10. The van der Waals surface area contributed by atoms with Gasteiger partial charge in [-0.05, 0) is 43.6 Å². The Hall–Kier alpha value is -0.0800. The normalized spacial score (nSPS) is 22.7. The van der Waals surface area contributed by atoms with Gasteiger partial charge in [-0.2, -0.15) is 0 Å². The van der Waals surface area contributed by atoms with Crippen molar-refractivity contribution in [2.24, 2.45) is 11.3 Å². The van der Waals surface area contributed by atoms with Gasteiger partial charge in [0.15, 0.2) is 0 Å². The Labute approximate surface area is 115 Å². The van der Waals surface area contributed by atoms with E-state index in [1.807, 2.05) is 0 Å². The molecule has 1 atom stereocenters. The summed E-state index contributed by atoms with van der Waals surface area (Å²) in [5, 5.41) is 3.66. The topological polar surface area (TPSA) is 15.3 Å². The van der Waals surface area contributed by atoms with Gasteiger partial charge in [0, 0.05) is 25.7 Å². The molecule has 1 heterocycles. The minimum absolute atomic E-state index is 0.474. The lowest BCUT2D eigenvalue weighted by Crippen LogP contribution is -2.47. The average Bonchev–Trinajstić information content (AvgIpc) is 2.34. The van der Waals surface area contributed by atoms with Crippen molar-refractivity contribution in [1.29, 1.82) is 0 Å². The van der Waals surface area contributed by atoms with E-state index >= 15 is 0 Å². The third-order valence-electron chi connectivity index (χ3n) is 4.69. The molecule has 1 fully saturated rings. The van der Waals surface area contributed by atoms with Crippen LogP contribution in [0.3, 0.4) is 0 Å². The third kappa shape index (κ3) is 4.89. The first-order valence-corrected chi connectivity index (χ1v) is 7.97. The molecule has 1 aliphatic heterocycles. The van der Waals surface area contributed by atoms with Gasteiger partial charge in [0.1, 0.15) is 0 Å². The molecule has 1 rings (SSSR count). The van der Waals surface area contributed by atoms with Gasteiger partial charge in [-0.25, -0.2) is 0 Å². The van der Waals surface area contributed by atoms with Gasteiger partial charge in [-0.3, -0.25) is 0 Å². The van der Waals surface area contributed by atoms with Gasteiger partial charge >= 0.3 is 0 Å². The van der Waals surface area contributed by atoms with Crippen molar-refractivity contribution >= 4 is 0 Å². The van der Waals surface area contributed by atoms with Crippen LogP contribution in [0.2, 0.25) is 0 Å². The highest BCUT2D eigenvalue weighted by Gasteiger charge is 2.30. The second-order valence-corrected chi connectivity index (χ2v) is 6.73. The quantitative estimate of drug-likeness (QED) is 0.748. The second-order valence-electron chi connectivity index (χ2n) is 6.73. The number of nitrogens with one attached hydrogen (secondary N) is 1. The standard InChI is InChI=1S/C16H34N2/c1-6-16(7-2,12-17-14(3)4)13-18-10-8-9-15(5)11-18/h14-15,17H,6-13H2,1-5H3. The molecule has 0 spiro atoms. The zero-order valence-corrected chi connectivity index (χ0v) is 13.3. The lowest BCUT2D eigenvalue weighted by molar-refractivity contribution is 0.0965. The van der Waals surface area contributed by atoms with E-state index in [1.165, 1.54) is 51.9 Å². The van der Waals surface area contributed by atoms with Crippen LogP contribution in [0.25, 0.3) is 0 Å². The van der Waals surface area contributed by atoms with Crippen molar-refractivity contribution in [2.45, 2.75) is 66.3 Å². The molecule has 1 aliphatic rings. The molecule has 0 bridgehead atoms. The van der Waals surface area contributed by atoms with E-state index in [4.69, 9.17) is 0 Å². The van der Waals surface area contributed by atoms with E-state index in [2.05, 4.69) is 44.8 Å². The molecule has 1 N–H and O–H groups in total. The van der Waals surface area contributed by atoms with E-state index in [0.717, 1.165) is 5.92 Å². The number of piperidine rings is 1. The van der Waals surface area contributed by atoms with E-state index in [-0.39, 0.29) is 0 Å². The van der Waals surface area contributed by atoms with E-state index < -0.39 is 0 Å². The molecule has 0 aromatic carbocycles. The smallest absolute Gasteiger partial charge is 0.00500 e. The first kappa shape index (κ1) is 16.0. The molecule has 2 heteroatoms. The number of hydrogen-bond acceptors (Lipinski definition) is 2. The zero-order chi connectivity index (χ0) is 13.6. The molecule has 0 aromatic rings. The molecule has 0 aliphatic carbocycles. The SMILES string of the molecule is CCC(CC)(CNC(C)C)CN1CCCC(C)C1. The van der Waals surface area contributed by atoms with Crippen LogP contribution in [0.5, 0.6) is 0 Å². The van der Waals surface area contributed by atoms with Crippen LogP contribution in [-0.2, 0) is 0 Å². The summed E-state index contributed by atoms with van der Waals surface area (Å²) in [6, 6.07) is 0.600. The van der Waals surface area contributed by atoms with Gasteiger partial charge in [0.2, 0.25) is 0 Å². The van der Waals surface area contributed by atoms with Gasteiger partial charge < -0.3 is 10.2 Å². The molecule has 0 aromatic heterocycles. The van der Waals surface area contributed by atoms with Gasteiger partial charge in [-0.1, -0.05) is 34.6 Å². The van der Waals surface area contributed by atoms with Crippen molar-refractivity contribution in [1.82, 2.24) is 10.2 Å². The Morgan fingerprint density at radius 1 is 1.28 bits per heavy atom. The highest BCUT2D eigenvalue weighted by molar-refractivity contribution is 4.85. The number of rotatable bonds is 7. The summed E-state index contributed by atoms with van der Waals surface area (Å²) in [4.78, 5) is 2.71. The van der Waals surface area contributed by atoms with Crippen LogP contribution in [0, 0.1) is 11.3 Å². The number of nitrogens with zero attached hydrogens (tertiary/aromatic N) is 1. The average molecular weight is 254 g/mol. The molecular formula is C16H34N2. The lowest BCUT2D eigenvalue weighted by Gasteiger charge is -2.41. The van der Waals surface area contributed by atoms with Gasteiger partial charge in [-0.15, -0.1) is 0 Å². The molecule has 18 heavy (non-hydrogen) atoms. The van der Waals surface area contributed by atoms with Crippen LogP contribution in [0.1, 0.15) is 60.3 Å². The van der Waals surface area contributed by atoms with Crippen molar-refractivity contribution in [3.05, 3.63) is 0 Å². The summed E-state index contributed by atoms with van der Waals surface area (Å²) in [7, 11) is 0. The first-order valence-electron chi connectivity index (χ1n) is 7.97. The fourth-order valence-electron chi connectivity index (χ4n) is 3.10. The summed E-state index contributed by atoms with van der Waals surface area (Å²) in [6.45, 7) is 16.7. The first-order chi connectivity index (χ1) is 8.51. The van der Waals surface area contributed by atoms with Crippen LogP contribution < -0.4 is 5.32 Å². The number of likely N-dealkylation sites (tertiary alicyclic amines) is 1. The lowest BCUT2D eigenvalue weighted by atomic mass is 9.80. The van der Waals surface area contributed by atoms with Crippen LogP contribution in [0.4, 0.5) is 0 Å². The van der Waals surface area contributed by atoms with Crippen LogP contribution in [-0.4, -0.2) is 37.1 Å². The second kappa shape index (κ2) is 7.49. The molecule has 108 valence electrons. The van der Waals surface area contributed by atoms with Crippen LogP contribution >= 0.6 is 0 Å². The van der Waals surface area contributed by atoms with E-state index in [0.29, 0.717) is 11.5 Å². The summed E-state index contributed by atoms with van der Waals surface area (Å²) in [5.41, 5.74) is 0.474. The summed E-state index contributed by atoms with van der Waals surface area (Å²) in [6.07, 6.45) is 5.39. The number of hydrogen-bond donors (Lipinski definition) is 1. The molecule has 0 amide bonds. The minimum atomic E-state index is 0.474. The monoisotopic (exact) mass is 254 g/mol. The van der Waals surface area contributed by atoms with Gasteiger partial charge in [0.25, 0.3) is 0 Å². The maximum Gasteiger partial charge on any atom is 0.00500 e. The summed E-state index contributed by atoms with van der Waals surface area (Å²) >= 11 is 0. The molecule has 1 saturated heterocycles. The summed E-state index contributed by atoms with van der Waals surface area (Å²) < 4.78 is 0. The molecular weight excluding hydrogens is 220 g/mol. The zero-order valence-electron chi connectivity index (χ0n) is 13.3. The Kier molecular flexibility index (Phi) is 6.65. The van der Waals surface area contributed by atoms with Crippen LogP contribution in [0.15, 0.2) is 0 Å². The Morgan fingerprint density at radius 3 is 2.44 bits per heavy atom. The van der Waals surface area contributed by atoms with E-state index in [9.17, 15) is 0 Å². The molecule has 1 unspecified atom stereocenters. The Morgan fingerprint density at radius 2 is 1.94 bits per heavy atom. The highest BCUT2D eigenvalue weighted by Crippen LogP contribution is 2.29. The molecule has 2 nitrogen and oxygen atoms in total. The summed E-state index contributed by atoms with van der Waals surface area (Å²) in [5.74, 6) is 0.892. The van der Waals surface area contributed by atoms with Crippen molar-refractivity contribution < 1.29 is 0 Å². The third-order valence-corrected chi connectivity index (χ3v) is 4.69. The van der Waals surface area contributed by atoms with Crippen molar-refractivity contribution in [2.75, 3.05) is 26.2 Å². The predicted octanol–water partition coefficient (Wildman–Crippen LogP) is 3.52. The predicted molar refractivity (Wildman–Crippen MR) is 81.0 cm³/mol. The Bertz CT molecular complexity index is 221. The largest absolute Gasteiger partial charge is 0.314 e. The van der Waals surface area contributed by atoms with Crippen molar-refractivity contribution in [3.63, 3.8) is 0 Å². The highest BCUT2D eigenvalue weighted by atomic mass is 15.1. The minimum Gasteiger partial charge on any atom is -0.314 e. The van der Waals surface area contributed by atoms with Crippen molar-refractivity contribution in [3.8, 4) is 0 Å². The Balaban J connectivity index is 2.54. The maximum absolute atomic E-state index is 3.66. The molecule has 0 radical (unpaired) electrons. The maximum atomic E-state index is 3.66. The van der Waals surface area contributed by atoms with E-state index in [1.54, 1.807) is 0 Å². The van der Waals surface area contributed by atoms with Gasteiger partial charge in [0.05, 0.1) is 0 Å². The molecule has 0 saturated carbocycles. The fraction of sp³-hybridized carbons (Fsp3) is 1.00.